The van der Waals surface area contributed by atoms with Crippen LogP contribution in [0.4, 0.5) is 19.0 Å². The van der Waals surface area contributed by atoms with E-state index in [9.17, 15) is 17.4 Å². The molecule has 1 aromatic heterocycles. The Bertz CT molecular complexity index is 1190. The summed E-state index contributed by atoms with van der Waals surface area (Å²) in [5.74, 6) is -2.14. The van der Waals surface area contributed by atoms with Gasteiger partial charge in [0.1, 0.15) is 29.0 Å². The van der Waals surface area contributed by atoms with E-state index in [0.717, 1.165) is 12.1 Å². The van der Waals surface area contributed by atoms with Crippen LogP contribution in [0.15, 0.2) is 52.2 Å². The highest BCUT2D eigenvalue weighted by Crippen LogP contribution is 2.35. The van der Waals surface area contributed by atoms with Gasteiger partial charge in [0.2, 0.25) is 0 Å². The lowest BCUT2D eigenvalue weighted by atomic mass is 9.81. The summed E-state index contributed by atoms with van der Waals surface area (Å²) in [6.07, 6.45) is 3.20. The van der Waals surface area contributed by atoms with Crippen molar-refractivity contribution in [2.45, 2.75) is 23.8 Å². The molecular formula is C22H19ClF3N3O2S2. The third-order valence-electron chi connectivity index (χ3n) is 5.21. The molecule has 0 saturated carbocycles. The van der Waals surface area contributed by atoms with E-state index in [4.69, 9.17) is 22.1 Å². The molecule has 11 heteroatoms. The molecule has 2 aromatic carbocycles. The van der Waals surface area contributed by atoms with Crippen molar-refractivity contribution in [3.05, 3.63) is 75.3 Å². The molecule has 3 atom stereocenters. The second-order valence-corrected chi connectivity index (χ2v) is 9.74. The van der Waals surface area contributed by atoms with Crippen LogP contribution in [0, 0.1) is 23.4 Å². The average Bonchev–Trinajstić information content (AvgIpc) is 3.27. The quantitative estimate of drug-likeness (QED) is 0.434. The standard InChI is InChI=1S/C22H19ClF3N3O2S2/c23-17-7-21(33(30)29-22-10-32-11-28-22)18(26)8-20(17)31-9-16-15(2-1-3-19(16)27)12-4-13(24)6-14(25)5-12/h2,4-8,10-11,16,19,29H,1,3,9,27H2. The first-order valence-electron chi connectivity index (χ1n) is 9.92. The van der Waals surface area contributed by atoms with Crippen LogP contribution in [0.3, 0.4) is 0 Å². The van der Waals surface area contributed by atoms with Crippen molar-refractivity contribution < 1.29 is 22.1 Å². The maximum atomic E-state index is 14.7. The molecule has 0 fully saturated rings. The monoisotopic (exact) mass is 513 g/mol. The first-order chi connectivity index (χ1) is 15.8. The Morgan fingerprint density at radius 3 is 2.67 bits per heavy atom. The second kappa shape index (κ2) is 10.3. The van der Waals surface area contributed by atoms with E-state index in [1.54, 1.807) is 10.9 Å². The minimum absolute atomic E-state index is 0.0177. The Hall–Kier alpha value is -2.40. The van der Waals surface area contributed by atoms with Crippen LogP contribution < -0.4 is 15.2 Å². The van der Waals surface area contributed by atoms with Crippen LogP contribution in [0.5, 0.6) is 5.75 Å². The lowest BCUT2D eigenvalue weighted by Crippen LogP contribution is -2.37. The Morgan fingerprint density at radius 2 is 1.97 bits per heavy atom. The van der Waals surface area contributed by atoms with Gasteiger partial charge in [-0.3, -0.25) is 4.72 Å². The molecule has 0 radical (unpaired) electrons. The van der Waals surface area contributed by atoms with Crippen molar-refractivity contribution in [3.8, 4) is 5.75 Å². The maximum absolute atomic E-state index is 14.7. The fourth-order valence-electron chi connectivity index (χ4n) is 3.64. The molecule has 1 heterocycles. The highest BCUT2D eigenvalue weighted by Gasteiger charge is 2.28. The van der Waals surface area contributed by atoms with E-state index in [0.29, 0.717) is 29.8 Å². The van der Waals surface area contributed by atoms with E-state index in [1.807, 2.05) is 6.08 Å². The number of anilines is 1. The topological polar surface area (TPSA) is 77.2 Å². The first kappa shape index (κ1) is 23.7. The summed E-state index contributed by atoms with van der Waals surface area (Å²) in [5, 5.41) is 1.70. The number of benzene rings is 2. The zero-order valence-corrected chi connectivity index (χ0v) is 19.5. The number of allylic oxidation sites excluding steroid dienone is 1. The van der Waals surface area contributed by atoms with Gasteiger partial charge in [0, 0.05) is 29.5 Å². The van der Waals surface area contributed by atoms with E-state index in [1.165, 1.54) is 29.5 Å². The molecule has 1 aliphatic carbocycles. The van der Waals surface area contributed by atoms with E-state index in [2.05, 4.69) is 9.71 Å². The van der Waals surface area contributed by atoms with Crippen LogP contribution in [-0.2, 0) is 11.0 Å². The first-order valence-corrected chi connectivity index (χ1v) is 12.4. The third-order valence-corrected chi connectivity index (χ3v) is 7.20. The van der Waals surface area contributed by atoms with Gasteiger partial charge in [-0.05, 0) is 42.2 Å². The number of nitrogens with two attached hydrogens (primary N) is 1. The number of nitrogens with one attached hydrogen (secondary N) is 1. The van der Waals surface area contributed by atoms with Crippen LogP contribution >= 0.6 is 22.9 Å². The van der Waals surface area contributed by atoms with Gasteiger partial charge in [0.25, 0.3) is 0 Å². The molecule has 0 spiro atoms. The van der Waals surface area contributed by atoms with Gasteiger partial charge >= 0.3 is 0 Å². The molecular weight excluding hydrogens is 495 g/mol. The molecule has 3 aromatic rings. The zero-order valence-electron chi connectivity index (χ0n) is 17.1. The molecule has 33 heavy (non-hydrogen) atoms. The van der Waals surface area contributed by atoms with Gasteiger partial charge < -0.3 is 10.5 Å². The molecule has 1 aliphatic rings. The van der Waals surface area contributed by atoms with Crippen molar-refractivity contribution in [1.29, 1.82) is 0 Å². The van der Waals surface area contributed by atoms with Crippen molar-refractivity contribution >= 4 is 45.3 Å². The zero-order chi connectivity index (χ0) is 23.5. The fourth-order valence-corrected chi connectivity index (χ4v) is 5.35. The van der Waals surface area contributed by atoms with Crippen LogP contribution in [0.1, 0.15) is 18.4 Å². The van der Waals surface area contributed by atoms with Gasteiger partial charge in [-0.2, -0.15) is 0 Å². The summed E-state index contributed by atoms with van der Waals surface area (Å²) in [6, 6.07) is 5.24. The summed E-state index contributed by atoms with van der Waals surface area (Å²) in [7, 11) is -1.91. The smallest absolute Gasteiger partial charge is 0.154 e. The molecule has 5 nitrogen and oxygen atoms in total. The van der Waals surface area contributed by atoms with Gasteiger partial charge in [0.15, 0.2) is 11.0 Å². The molecule has 3 N–H and O–H groups in total. The van der Waals surface area contributed by atoms with Gasteiger partial charge in [-0.15, -0.1) is 11.3 Å². The number of thiazole rings is 1. The number of hydrogen-bond acceptors (Lipinski definition) is 5. The number of nitrogens with zero attached hydrogens (tertiary/aromatic N) is 1. The average molecular weight is 514 g/mol. The minimum atomic E-state index is -1.91. The number of ether oxygens (including phenoxy) is 1. The van der Waals surface area contributed by atoms with Crippen molar-refractivity contribution in [3.63, 3.8) is 0 Å². The number of hydrogen-bond donors (Lipinski definition) is 2. The van der Waals surface area contributed by atoms with Crippen molar-refractivity contribution in [2.75, 3.05) is 11.3 Å². The lowest BCUT2D eigenvalue weighted by molar-refractivity contribution is 0.252. The number of rotatable bonds is 7. The molecule has 0 aliphatic heterocycles. The van der Waals surface area contributed by atoms with Crippen LogP contribution in [-0.4, -0.2) is 21.8 Å². The largest absolute Gasteiger partial charge is 0.491 e. The Labute approximate surface area is 200 Å². The summed E-state index contributed by atoms with van der Waals surface area (Å²) in [6.45, 7) is 0.0177. The number of halogens is 4. The summed E-state index contributed by atoms with van der Waals surface area (Å²) in [4.78, 5) is 3.81. The van der Waals surface area contributed by atoms with Crippen molar-refractivity contribution in [1.82, 2.24) is 4.98 Å². The number of aromatic nitrogens is 1. The van der Waals surface area contributed by atoms with Gasteiger partial charge in [0.05, 0.1) is 22.0 Å². The summed E-state index contributed by atoms with van der Waals surface area (Å²) in [5.41, 5.74) is 8.87. The molecule has 0 amide bonds. The van der Waals surface area contributed by atoms with Crippen molar-refractivity contribution in [2.24, 2.45) is 11.7 Å². The summed E-state index contributed by atoms with van der Waals surface area (Å²) >= 11 is 7.57. The van der Waals surface area contributed by atoms with E-state index in [-0.39, 0.29) is 34.2 Å². The molecule has 0 saturated heterocycles. The highest BCUT2D eigenvalue weighted by molar-refractivity contribution is 7.86. The molecule has 3 unspecified atom stereocenters. The van der Waals surface area contributed by atoms with E-state index < -0.39 is 28.4 Å². The van der Waals surface area contributed by atoms with Crippen LogP contribution in [0.2, 0.25) is 5.02 Å². The predicted octanol–water partition coefficient (Wildman–Crippen LogP) is 5.55. The maximum Gasteiger partial charge on any atom is 0.154 e. The minimum Gasteiger partial charge on any atom is -0.491 e. The molecule has 174 valence electrons. The normalized spacial score (nSPS) is 19.1. The molecule has 0 bridgehead atoms. The van der Waals surface area contributed by atoms with E-state index >= 15 is 0 Å². The Balaban J connectivity index is 1.52. The van der Waals surface area contributed by atoms with Gasteiger partial charge in [-0.25, -0.2) is 22.4 Å². The lowest BCUT2D eigenvalue weighted by Gasteiger charge is -2.30. The molecule has 4 rings (SSSR count). The summed E-state index contributed by atoms with van der Waals surface area (Å²) < 4.78 is 63.0. The SMILES string of the molecule is NC1CCC=C(c2cc(F)cc(F)c2)C1COc1cc(F)c(S(=O)Nc2cscn2)cc1Cl. The second-order valence-electron chi connectivity index (χ2n) is 7.43. The Morgan fingerprint density at radius 1 is 1.21 bits per heavy atom. The third kappa shape index (κ3) is 5.57. The fraction of sp³-hybridized carbons (Fsp3) is 0.227. The Kier molecular flexibility index (Phi) is 7.38. The highest BCUT2D eigenvalue weighted by atomic mass is 35.5. The predicted molar refractivity (Wildman–Crippen MR) is 124 cm³/mol. The van der Waals surface area contributed by atoms with Gasteiger partial charge in [-0.1, -0.05) is 17.7 Å². The van der Waals surface area contributed by atoms with Crippen LogP contribution in [0.25, 0.3) is 5.57 Å².